The summed E-state index contributed by atoms with van der Waals surface area (Å²) in [5.74, 6) is 1.34. The van der Waals surface area contributed by atoms with Gasteiger partial charge in [-0.15, -0.1) is 0 Å². The summed E-state index contributed by atoms with van der Waals surface area (Å²) in [5, 5.41) is 0. The fourth-order valence-corrected chi connectivity index (χ4v) is 2.35. The van der Waals surface area contributed by atoms with Gasteiger partial charge in [-0.25, -0.2) is 0 Å². The summed E-state index contributed by atoms with van der Waals surface area (Å²) < 4.78 is 5.47. The minimum atomic E-state index is 0.105. The number of carbonyl (C=O) groups excluding carboxylic acids is 1. The van der Waals surface area contributed by atoms with Crippen molar-refractivity contribution in [3.63, 3.8) is 0 Å². The lowest BCUT2D eigenvalue weighted by Crippen LogP contribution is -2.69. The molecule has 1 saturated carbocycles. The first-order valence-electron chi connectivity index (χ1n) is 5.13. The van der Waals surface area contributed by atoms with Gasteiger partial charge in [0.1, 0.15) is 5.60 Å². The Morgan fingerprint density at radius 3 is 2.54 bits per heavy atom. The normalized spacial score (nSPS) is 39.6. The van der Waals surface area contributed by atoms with Crippen molar-refractivity contribution in [2.75, 3.05) is 19.7 Å². The van der Waals surface area contributed by atoms with E-state index < -0.39 is 0 Å². The quantitative estimate of drug-likeness (QED) is 0.594. The summed E-state index contributed by atoms with van der Waals surface area (Å²) >= 11 is 0. The summed E-state index contributed by atoms with van der Waals surface area (Å²) in [6, 6.07) is 0. The summed E-state index contributed by atoms with van der Waals surface area (Å²) in [6.45, 7) is 4.75. The van der Waals surface area contributed by atoms with Crippen molar-refractivity contribution in [3.8, 4) is 0 Å². The van der Waals surface area contributed by atoms with Gasteiger partial charge in [0, 0.05) is 12.3 Å². The number of hydrogen-bond donors (Lipinski definition) is 0. The Kier molecular flexibility index (Phi) is 1.36. The van der Waals surface area contributed by atoms with Gasteiger partial charge in [-0.2, -0.15) is 0 Å². The van der Waals surface area contributed by atoms with Crippen LogP contribution in [0.4, 0.5) is 0 Å². The minimum absolute atomic E-state index is 0.105. The average molecular weight is 181 g/mol. The van der Waals surface area contributed by atoms with Crippen molar-refractivity contribution in [2.45, 2.75) is 25.4 Å². The standard InChI is InChI=1S/C10H15NO2/c1-7-4-8(7)9(12)11-5-10(6-11)2-3-13-10/h7-8H,2-6H2,1H3/t7-,8-/m1/s1. The molecule has 13 heavy (non-hydrogen) atoms. The van der Waals surface area contributed by atoms with Crippen LogP contribution in [0.1, 0.15) is 19.8 Å². The molecule has 0 aromatic rings. The SMILES string of the molecule is C[C@@H]1C[C@H]1C(=O)N1CC2(CCO2)C1. The number of amides is 1. The Morgan fingerprint density at radius 1 is 1.54 bits per heavy atom. The van der Waals surface area contributed by atoms with Crippen molar-refractivity contribution in [3.05, 3.63) is 0 Å². The highest BCUT2D eigenvalue weighted by molar-refractivity contribution is 5.82. The molecule has 3 aliphatic rings. The highest BCUT2D eigenvalue weighted by Crippen LogP contribution is 2.43. The molecule has 2 heterocycles. The van der Waals surface area contributed by atoms with Crippen molar-refractivity contribution < 1.29 is 9.53 Å². The van der Waals surface area contributed by atoms with Crippen LogP contribution in [0.3, 0.4) is 0 Å². The molecule has 2 atom stereocenters. The van der Waals surface area contributed by atoms with E-state index in [2.05, 4.69) is 6.92 Å². The Bertz CT molecular complexity index is 252. The zero-order valence-electron chi connectivity index (χ0n) is 7.95. The molecule has 1 aliphatic carbocycles. The second kappa shape index (κ2) is 2.27. The molecule has 2 aliphatic heterocycles. The number of carbonyl (C=O) groups is 1. The Morgan fingerprint density at radius 2 is 2.15 bits per heavy atom. The molecule has 0 aromatic heterocycles. The van der Waals surface area contributed by atoms with E-state index in [-0.39, 0.29) is 5.60 Å². The van der Waals surface area contributed by atoms with E-state index in [0.717, 1.165) is 32.5 Å². The molecule has 1 amide bonds. The van der Waals surface area contributed by atoms with Gasteiger partial charge in [0.05, 0.1) is 19.7 Å². The molecule has 3 nitrogen and oxygen atoms in total. The van der Waals surface area contributed by atoms with Crippen LogP contribution in [0.5, 0.6) is 0 Å². The average Bonchev–Trinajstić information content (AvgIpc) is 2.60. The van der Waals surface area contributed by atoms with Gasteiger partial charge in [0.15, 0.2) is 0 Å². The van der Waals surface area contributed by atoms with E-state index in [1.54, 1.807) is 0 Å². The van der Waals surface area contributed by atoms with Crippen molar-refractivity contribution in [1.29, 1.82) is 0 Å². The number of nitrogens with zero attached hydrogens (tertiary/aromatic N) is 1. The van der Waals surface area contributed by atoms with Gasteiger partial charge in [-0.05, 0) is 12.3 Å². The van der Waals surface area contributed by atoms with Gasteiger partial charge in [-0.1, -0.05) is 6.92 Å². The number of hydrogen-bond acceptors (Lipinski definition) is 2. The van der Waals surface area contributed by atoms with Crippen LogP contribution < -0.4 is 0 Å². The van der Waals surface area contributed by atoms with Crippen LogP contribution >= 0.6 is 0 Å². The lowest BCUT2D eigenvalue weighted by atomic mass is 9.86. The fraction of sp³-hybridized carbons (Fsp3) is 0.900. The van der Waals surface area contributed by atoms with Gasteiger partial charge in [0.2, 0.25) is 5.91 Å². The van der Waals surface area contributed by atoms with Gasteiger partial charge >= 0.3 is 0 Å². The topological polar surface area (TPSA) is 29.5 Å². The first-order valence-corrected chi connectivity index (χ1v) is 5.13. The fourth-order valence-electron chi connectivity index (χ4n) is 2.35. The van der Waals surface area contributed by atoms with E-state index in [0.29, 0.717) is 17.7 Å². The molecule has 0 aromatic carbocycles. The van der Waals surface area contributed by atoms with Crippen LogP contribution in [0.15, 0.2) is 0 Å². The molecule has 0 radical (unpaired) electrons. The second-order valence-electron chi connectivity index (χ2n) is 4.80. The maximum Gasteiger partial charge on any atom is 0.226 e. The van der Waals surface area contributed by atoms with E-state index in [1.807, 2.05) is 4.90 Å². The monoisotopic (exact) mass is 181 g/mol. The largest absolute Gasteiger partial charge is 0.371 e. The molecule has 3 heteroatoms. The Labute approximate surface area is 78.0 Å². The van der Waals surface area contributed by atoms with Crippen molar-refractivity contribution in [1.82, 2.24) is 4.90 Å². The highest BCUT2D eigenvalue weighted by atomic mass is 16.5. The molecule has 72 valence electrons. The number of ether oxygens (including phenoxy) is 1. The lowest BCUT2D eigenvalue weighted by Gasteiger charge is -2.55. The van der Waals surface area contributed by atoms with Crippen LogP contribution in [-0.4, -0.2) is 36.1 Å². The number of rotatable bonds is 1. The molecule has 2 saturated heterocycles. The zero-order valence-corrected chi connectivity index (χ0v) is 7.95. The third-order valence-corrected chi connectivity index (χ3v) is 3.66. The third kappa shape index (κ3) is 1.03. The second-order valence-corrected chi connectivity index (χ2v) is 4.80. The van der Waals surface area contributed by atoms with Gasteiger partial charge in [-0.3, -0.25) is 4.79 Å². The summed E-state index contributed by atoms with van der Waals surface area (Å²) in [6.07, 6.45) is 2.25. The molecule has 3 rings (SSSR count). The summed E-state index contributed by atoms with van der Waals surface area (Å²) in [4.78, 5) is 13.7. The minimum Gasteiger partial charge on any atom is -0.371 e. The lowest BCUT2D eigenvalue weighted by molar-refractivity contribution is -0.222. The molecule has 0 unspecified atom stereocenters. The van der Waals surface area contributed by atoms with E-state index in [4.69, 9.17) is 4.74 Å². The van der Waals surface area contributed by atoms with Gasteiger partial charge < -0.3 is 9.64 Å². The summed E-state index contributed by atoms with van der Waals surface area (Å²) in [7, 11) is 0. The first-order chi connectivity index (χ1) is 6.20. The van der Waals surface area contributed by atoms with Crippen molar-refractivity contribution in [2.24, 2.45) is 11.8 Å². The smallest absolute Gasteiger partial charge is 0.226 e. The van der Waals surface area contributed by atoms with Crippen molar-refractivity contribution >= 4 is 5.91 Å². The van der Waals surface area contributed by atoms with E-state index in [9.17, 15) is 4.79 Å². The molecular weight excluding hydrogens is 166 g/mol. The third-order valence-electron chi connectivity index (χ3n) is 3.66. The van der Waals surface area contributed by atoms with Crippen LogP contribution in [-0.2, 0) is 9.53 Å². The van der Waals surface area contributed by atoms with E-state index >= 15 is 0 Å². The van der Waals surface area contributed by atoms with E-state index in [1.165, 1.54) is 0 Å². The maximum atomic E-state index is 11.7. The van der Waals surface area contributed by atoms with Crippen LogP contribution in [0.25, 0.3) is 0 Å². The van der Waals surface area contributed by atoms with Crippen LogP contribution in [0.2, 0.25) is 0 Å². The summed E-state index contributed by atoms with van der Waals surface area (Å²) in [5.41, 5.74) is 0.105. The molecule has 0 bridgehead atoms. The Balaban J connectivity index is 1.55. The maximum absolute atomic E-state index is 11.7. The zero-order chi connectivity index (χ0) is 9.05. The predicted molar refractivity (Wildman–Crippen MR) is 47.2 cm³/mol. The molecular formula is C10H15NO2. The molecule has 1 spiro atoms. The first kappa shape index (κ1) is 7.80. The Hall–Kier alpha value is -0.570. The predicted octanol–water partition coefficient (Wildman–Crippen LogP) is 0.644. The number of likely N-dealkylation sites (tertiary alicyclic amines) is 1. The van der Waals surface area contributed by atoms with Crippen LogP contribution in [0, 0.1) is 11.8 Å². The highest BCUT2D eigenvalue weighted by Gasteiger charge is 2.53. The molecule has 3 fully saturated rings. The van der Waals surface area contributed by atoms with Gasteiger partial charge in [0.25, 0.3) is 0 Å². The molecule has 0 N–H and O–H groups in total.